The quantitative estimate of drug-likeness (QED) is 0.829. The molecular weight excluding hydrogens is 252 g/mol. The lowest BCUT2D eigenvalue weighted by Crippen LogP contribution is -2.47. The highest BCUT2D eigenvalue weighted by Gasteiger charge is 2.24. The van der Waals surface area contributed by atoms with Crippen LogP contribution in [0.5, 0.6) is 0 Å². The van der Waals surface area contributed by atoms with Gasteiger partial charge in [-0.15, -0.1) is 0 Å². The van der Waals surface area contributed by atoms with Gasteiger partial charge in [-0.3, -0.25) is 4.79 Å². The Balaban J connectivity index is 2.35. The predicted octanol–water partition coefficient (Wildman–Crippen LogP) is 1.73. The number of carbonyl (C=O) groups is 2. The highest BCUT2D eigenvalue weighted by molar-refractivity contribution is 8.00. The van der Waals surface area contributed by atoms with Crippen LogP contribution in [-0.2, 0) is 4.79 Å². The Morgan fingerprint density at radius 2 is 2.22 bits per heavy atom. The molecule has 1 heterocycles. The molecule has 0 aromatic heterocycles. The van der Waals surface area contributed by atoms with E-state index in [2.05, 4.69) is 6.92 Å². The largest absolute Gasteiger partial charge is 0.481 e. The minimum Gasteiger partial charge on any atom is -0.481 e. The van der Waals surface area contributed by atoms with Crippen molar-refractivity contribution in [2.24, 2.45) is 0 Å². The summed E-state index contributed by atoms with van der Waals surface area (Å²) in [7, 11) is 1.74. The van der Waals surface area contributed by atoms with E-state index < -0.39 is 5.97 Å². The first-order chi connectivity index (χ1) is 8.54. The van der Waals surface area contributed by atoms with Gasteiger partial charge in [0.25, 0.3) is 0 Å². The second-order valence-corrected chi connectivity index (χ2v) is 5.96. The molecule has 0 aromatic carbocycles. The van der Waals surface area contributed by atoms with E-state index in [1.54, 1.807) is 11.9 Å². The fraction of sp³-hybridized carbons (Fsp3) is 0.833. The highest BCUT2D eigenvalue weighted by Crippen LogP contribution is 2.21. The van der Waals surface area contributed by atoms with Gasteiger partial charge >= 0.3 is 12.0 Å². The van der Waals surface area contributed by atoms with Crippen LogP contribution >= 0.6 is 11.8 Å². The monoisotopic (exact) mass is 274 g/mol. The van der Waals surface area contributed by atoms with E-state index in [9.17, 15) is 9.59 Å². The second-order valence-electron chi connectivity index (χ2n) is 4.55. The predicted molar refractivity (Wildman–Crippen MR) is 73.0 cm³/mol. The lowest BCUT2D eigenvalue weighted by Gasteiger charge is -2.34. The average molecular weight is 274 g/mol. The van der Waals surface area contributed by atoms with E-state index in [0.29, 0.717) is 18.2 Å². The average Bonchev–Trinajstić information content (AvgIpc) is 2.37. The first kappa shape index (κ1) is 15.1. The molecule has 0 bridgehead atoms. The molecule has 0 saturated carbocycles. The van der Waals surface area contributed by atoms with Gasteiger partial charge < -0.3 is 14.9 Å². The number of carboxylic acids is 1. The number of urea groups is 1. The summed E-state index contributed by atoms with van der Waals surface area (Å²) in [5.74, 6) is 0.184. The molecule has 5 nitrogen and oxygen atoms in total. The molecule has 2 amide bonds. The fourth-order valence-corrected chi connectivity index (χ4v) is 3.12. The molecule has 1 fully saturated rings. The van der Waals surface area contributed by atoms with Crippen molar-refractivity contribution in [3.63, 3.8) is 0 Å². The van der Waals surface area contributed by atoms with Gasteiger partial charge in [-0.05, 0) is 12.8 Å². The summed E-state index contributed by atoms with van der Waals surface area (Å²) in [5.41, 5.74) is 0. The Kier molecular flexibility index (Phi) is 6.32. The normalized spacial score (nSPS) is 19.7. The van der Waals surface area contributed by atoms with Crippen LogP contribution in [0.25, 0.3) is 0 Å². The van der Waals surface area contributed by atoms with Crippen molar-refractivity contribution in [3.8, 4) is 0 Å². The third-order valence-electron chi connectivity index (χ3n) is 3.08. The Labute approximate surface area is 113 Å². The smallest absolute Gasteiger partial charge is 0.319 e. The van der Waals surface area contributed by atoms with Crippen LogP contribution in [0.4, 0.5) is 4.79 Å². The van der Waals surface area contributed by atoms with Crippen LogP contribution < -0.4 is 0 Å². The number of aliphatic carboxylic acids is 1. The summed E-state index contributed by atoms with van der Waals surface area (Å²) in [6.07, 6.45) is 1.71. The maximum atomic E-state index is 12.1. The van der Waals surface area contributed by atoms with Crippen LogP contribution in [0.1, 0.15) is 26.2 Å². The zero-order valence-corrected chi connectivity index (χ0v) is 11.9. The lowest BCUT2D eigenvalue weighted by atomic mass is 10.3. The van der Waals surface area contributed by atoms with Crippen LogP contribution in [0.2, 0.25) is 0 Å². The summed E-state index contributed by atoms with van der Waals surface area (Å²) >= 11 is 1.93. The molecule has 1 atom stereocenters. The molecule has 1 unspecified atom stereocenters. The minimum absolute atomic E-state index is 0.0270. The van der Waals surface area contributed by atoms with E-state index in [1.807, 2.05) is 16.7 Å². The molecule has 0 aliphatic carbocycles. The topological polar surface area (TPSA) is 60.9 Å². The summed E-state index contributed by atoms with van der Waals surface area (Å²) in [4.78, 5) is 26.1. The van der Waals surface area contributed by atoms with Crippen molar-refractivity contribution in [2.45, 2.75) is 31.4 Å². The van der Waals surface area contributed by atoms with Gasteiger partial charge in [0.2, 0.25) is 0 Å². The van der Waals surface area contributed by atoms with Gasteiger partial charge in [0, 0.05) is 44.1 Å². The van der Waals surface area contributed by atoms with E-state index in [0.717, 1.165) is 25.3 Å². The second kappa shape index (κ2) is 7.51. The number of thioether (sulfide) groups is 1. The van der Waals surface area contributed by atoms with Crippen LogP contribution in [0.3, 0.4) is 0 Å². The minimum atomic E-state index is -0.809. The Hall–Kier alpha value is -0.910. The van der Waals surface area contributed by atoms with Gasteiger partial charge in [-0.25, -0.2) is 4.79 Å². The summed E-state index contributed by atoms with van der Waals surface area (Å²) in [5, 5.41) is 9.10. The van der Waals surface area contributed by atoms with Crippen molar-refractivity contribution in [3.05, 3.63) is 0 Å². The van der Waals surface area contributed by atoms with Crippen molar-refractivity contribution < 1.29 is 14.7 Å². The molecular formula is C12H22N2O3S. The number of hydrogen-bond donors (Lipinski definition) is 1. The summed E-state index contributed by atoms with van der Waals surface area (Å²) < 4.78 is 0. The van der Waals surface area contributed by atoms with Gasteiger partial charge in [0.15, 0.2) is 0 Å². The zero-order chi connectivity index (χ0) is 13.5. The molecule has 1 aliphatic rings. The van der Waals surface area contributed by atoms with E-state index in [-0.39, 0.29) is 12.5 Å². The molecule has 0 spiro atoms. The third kappa shape index (κ3) is 4.76. The summed E-state index contributed by atoms with van der Waals surface area (Å²) in [6.45, 7) is 4.25. The highest BCUT2D eigenvalue weighted by atomic mass is 32.2. The standard InChI is InChI=1S/C12H22N2O3S/c1-3-10-9-14(7-8-18-10)12(17)13(2)6-4-5-11(15)16/h10H,3-9H2,1-2H3,(H,15,16). The van der Waals surface area contributed by atoms with Crippen LogP contribution in [0, 0.1) is 0 Å². The van der Waals surface area contributed by atoms with Crippen molar-refractivity contribution in [1.29, 1.82) is 0 Å². The number of hydrogen-bond acceptors (Lipinski definition) is 3. The SMILES string of the molecule is CCC1CN(C(=O)N(C)CCCC(=O)O)CCS1. The Bertz CT molecular complexity index is 299. The van der Waals surface area contributed by atoms with Gasteiger partial charge in [-0.1, -0.05) is 6.92 Å². The third-order valence-corrected chi connectivity index (χ3v) is 4.45. The maximum absolute atomic E-state index is 12.1. The number of rotatable bonds is 5. The molecule has 0 aromatic rings. The fourth-order valence-electron chi connectivity index (χ4n) is 1.94. The van der Waals surface area contributed by atoms with Gasteiger partial charge in [0.1, 0.15) is 0 Å². The Morgan fingerprint density at radius 3 is 2.83 bits per heavy atom. The van der Waals surface area contributed by atoms with Crippen molar-refractivity contribution in [1.82, 2.24) is 9.80 Å². The van der Waals surface area contributed by atoms with Crippen LogP contribution in [0.15, 0.2) is 0 Å². The number of amides is 2. The van der Waals surface area contributed by atoms with Gasteiger partial charge in [0.05, 0.1) is 0 Å². The molecule has 104 valence electrons. The molecule has 0 radical (unpaired) electrons. The maximum Gasteiger partial charge on any atom is 0.319 e. The van der Waals surface area contributed by atoms with E-state index in [1.165, 1.54) is 0 Å². The number of nitrogens with zero attached hydrogens (tertiary/aromatic N) is 2. The Morgan fingerprint density at radius 1 is 1.50 bits per heavy atom. The molecule has 1 rings (SSSR count). The van der Waals surface area contributed by atoms with Crippen molar-refractivity contribution in [2.75, 3.05) is 32.4 Å². The molecule has 6 heteroatoms. The van der Waals surface area contributed by atoms with Crippen LogP contribution in [-0.4, -0.2) is 64.6 Å². The van der Waals surface area contributed by atoms with Crippen molar-refractivity contribution >= 4 is 23.8 Å². The molecule has 1 saturated heterocycles. The molecule has 1 aliphatic heterocycles. The molecule has 18 heavy (non-hydrogen) atoms. The van der Waals surface area contributed by atoms with E-state index in [4.69, 9.17) is 5.11 Å². The zero-order valence-electron chi connectivity index (χ0n) is 11.1. The number of carbonyl (C=O) groups excluding carboxylic acids is 1. The lowest BCUT2D eigenvalue weighted by molar-refractivity contribution is -0.137. The van der Waals surface area contributed by atoms with Gasteiger partial charge in [-0.2, -0.15) is 11.8 Å². The first-order valence-corrected chi connectivity index (χ1v) is 7.43. The number of carboxylic acid groups (broad SMARTS) is 1. The molecule has 1 N–H and O–H groups in total. The van der Waals surface area contributed by atoms with E-state index >= 15 is 0 Å². The summed E-state index contributed by atoms with van der Waals surface area (Å²) in [6, 6.07) is 0.0270. The first-order valence-electron chi connectivity index (χ1n) is 6.38.